The third-order valence-corrected chi connectivity index (χ3v) is 4.35. The lowest BCUT2D eigenvalue weighted by Gasteiger charge is -2.26. The maximum Gasteiger partial charge on any atom is 0.225 e. The van der Waals surface area contributed by atoms with Gasteiger partial charge < -0.3 is 16.0 Å². The third-order valence-electron chi connectivity index (χ3n) is 4.35. The smallest absolute Gasteiger partial charge is 0.225 e. The van der Waals surface area contributed by atoms with E-state index in [-0.39, 0.29) is 5.91 Å². The molecule has 1 aliphatic rings. The lowest BCUT2D eigenvalue weighted by Crippen LogP contribution is -2.35. The Morgan fingerprint density at radius 1 is 1.38 bits per heavy atom. The highest BCUT2D eigenvalue weighted by molar-refractivity contribution is 5.92. The number of hydrogen-bond donors (Lipinski definition) is 2. The maximum atomic E-state index is 12.1. The average Bonchev–Trinajstić information content (AvgIpc) is 2.65. The van der Waals surface area contributed by atoms with E-state index in [2.05, 4.69) is 17.1 Å². The highest BCUT2D eigenvalue weighted by Gasteiger charge is 2.17. The second kappa shape index (κ2) is 7.46. The molecule has 1 heterocycles. The molecule has 1 unspecified atom stereocenters. The van der Waals surface area contributed by atoms with Crippen LogP contribution in [0.2, 0.25) is 0 Å². The molecule has 3 N–H and O–H groups in total. The zero-order valence-electron chi connectivity index (χ0n) is 13.2. The predicted molar refractivity (Wildman–Crippen MR) is 88.3 cm³/mol. The van der Waals surface area contributed by atoms with E-state index in [1.54, 1.807) is 0 Å². The summed E-state index contributed by atoms with van der Waals surface area (Å²) in [6, 6.07) is 6.20. The maximum absolute atomic E-state index is 12.1. The van der Waals surface area contributed by atoms with Crippen LogP contribution in [0, 0.1) is 6.92 Å². The van der Waals surface area contributed by atoms with Crippen LogP contribution in [0.1, 0.15) is 44.6 Å². The van der Waals surface area contributed by atoms with Gasteiger partial charge in [-0.05, 0) is 50.9 Å². The van der Waals surface area contributed by atoms with Gasteiger partial charge in [0, 0.05) is 30.4 Å². The van der Waals surface area contributed by atoms with Crippen molar-refractivity contribution in [2.24, 2.45) is 0 Å². The van der Waals surface area contributed by atoms with Crippen LogP contribution >= 0.6 is 0 Å². The van der Waals surface area contributed by atoms with Crippen LogP contribution in [0.5, 0.6) is 0 Å². The van der Waals surface area contributed by atoms with Crippen LogP contribution < -0.4 is 11.1 Å². The summed E-state index contributed by atoms with van der Waals surface area (Å²) in [6.07, 6.45) is 5.66. The summed E-state index contributed by atoms with van der Waals surface area (Å²) in [5.41, 5.74) is 8.31. The fourth-order valence-electron chi connectivity index (χ4n) is 2.90. The first-order valence-electron chi connectivity index (χ1n) is 7.96. The number of anilines is 2. The van der Waals surface area contributed by atoms with Crippen LogP contribution in [0.4, 0.5) is 11.4 Å². The molecule has 1 saturated heterocycles. The molecule has 1 amide bonds. The lowest BCUT2D eigenvalue weighted by molar-refractivity contribution is -0.116. The highest BCUT2D eigenvalue weighted by atomic mass is 16.1. The second-order valence-corrected chi connectivity index (χ2v) is 6.11. The fraction of sp³-hybridized carbons (Fsp3) is 0.588. The Hall–Kier alpha value is -1.55. The van der Waals surface area contributed by atoms with E-state index in [4.69, 9.17) is 5.73 Å². The molecule has 1 atom stereocenters. The first kappa shape index (κ1) is 15.8. The topological polar surface area (TPSA) is 58.4 Å². The molecule has 4 nitrogen and oxygen atoms in total. The van der Waals surface area contributed by atoms with E-state index in [0.717, 1.165) is 24.3 Å². The normalized spacial score (nSPS) is 20.0. The number of likely N-dealkylation sites (tertiary alicyclic amines) is 1. The monoisotopic (exact) mass is 289 g/mol. The van der Waals surface area contributed by atoms with Gasteiger partial charge in [0.2, 0.25) is 5.91 Å². The molecule has 21 heavy (non-hydrogen) atoms. The molecule has 0 spiro atoms. The Balaban J connectivity index is 1.85. The van der Waals surface area contributed by atoms with Crippen molar-refractivity contribution in [3.63, 3.8) is 0 Å². The first-order chi connectivity index (χ1) is 10.1. The van der Waals surface area contributed by atoms with Gasteiger partial charge in [-0.25, -0.2) is 0 Å². The first-order valence-corrected chi connectivity index (χ1v) is 7.96. The summed E-state index contributed by atoms with van der Waals surface area (Å²) in [5.74, 6) is 0.0696. The van der Waals surface area contributed by atoms with E-state index in [9.17, 15) is 4.79 Å². The van der Waals surface area contributed by atoms with E-state index < -0.39 is 0 Å². The van der Waals surface area contributed by atoms with Gasteiger partial charge in [-0.15, -0.1) is 0 Å². The quantitative estimate of drug-likeness (QED) is 0.837. The number of benzene rings is 1. The molecule has 2 rings (SSSR count). The Labute approximate surface area is 127 Å². The van der Waals surface area contributed by atoms with Crippen LogP contribution in [-0.4, -0.2) is 29.9 Å². The fourth-order valence-corrected chi connectivity index (χ4v) is 2.90. The number of carbonyl (C=O) groups is 1. The van der Waals surface area contributed by atoms with E-state index in [1.165, 1.54) is 25.7 Å². The Bertz CT molecular complexity index is 487. The van der Waals surface area contributed by atoms with Gasteiger partial charge in [0.05, 0.1) is 0 Å². The van der Waals surface area contributed by atoms with E-state index in [1.807, 2.05) is 25.1 Å². The number of aryl methyl sites for hydroxylation is 1. The van der Waals surface area contributed by atoms with Gasteiger partial charge in [-0.1, -0.05) is 18.9 Å². The van der Waals surface area contributed by atoms with Crippen LogP contribution in [-0.2, 0) is 4.79 Å². The molecule has 0 aliphatic carbocycles. The largest absolute Gasteiger partial charge is 0.399 e. The van der Waals surface area contributed by atoms with Crippen molar-refractivity contribution in [2.45, 2.75) is 52.0 Å². The predicted octanol–water partition coefficient (Wildman–Crippen LogP) is 3.17. The van der Waals surface area contributed by atoms with Crippen molar-refractivity contribution in [1.29, 1.82) is 0 Å². The molecule has 1 aliphatic heterocycles. The van der Waals surface area contributed by atoms with Gasteiger partial charge in [0.15, 0.2) is 0 Å². The molecular formula is C17H27N3O. The summed E-state index contributed by atoms with van der Waals surface area (Å²) >= 11 is 0. The minimum absolute atomic E-state index is 0.0696. The van der Waals surface area contributed by atoms with Crippen LogP contribution in [0.3, 0.4) is 0 Å². The van der Waals surface area contributed by atoms with Crippen molar-refractivity contribution in [3.8, 4) is 0 Å². The molecule has 1 aromatic rings. The lowest BCUT2D eigenvalue weighted by atomic mass is 10.1. The molecule has 4 heteroatoms. The van der Waals surface area contributed by atoms with E-state index >= 15 is 0 Å². The summed E-state index contributed by atoms with van der Waals surface area (Å²) in [7, 11) is 0. The van der Waals surface area contributed by atoms with Crippen molar-refractivity contribution in [1.82, 2.24) is 4.90 Å². The summed E-state index contributed by atoms with van der Waals surface area (Å²) in [5, 5.41) is 2.98. The number of nitrogen functional groups attached to an aromatic ring is 1. The summed E-state index contributed by atoms with van der Waals surface area (Å²) in [6.45, 7) is 6.21. The standard InChI is InChI=1S/C17H27N3O/c1-13-7-8-15(18)12-16(13)19-17(21)9-11-20-10-5-3-4-6-14(20)2/h7-8,12,14H,3-6,9-11,18H2,1-2H3,(H,19,21). The van der Waals surface area contributed by atoms with Gasteiger partial charge in [-0.3, -0.25) is 4.79 Å². The number of nitrogens with two attached hydrogens (primary N) is 1. The number of amides is 1. The van der Waals surface area contributed by atoms with Crippen LogP contribution in [0.15, 0.2) is 18.2 Å². The molecule has 0 saturated carbocycles. The van der Waals surface area contributed by atoms with Crippen molar-refractivity contribution >= 4 is 17.3 Å². The van der Waals surface area contributed by atoms with E-state index in [0.29, 0.717) is 18.2 Å². The van der Waals surface area contributed by atoms with Crippen LogP contribution in [0.25, 0.3) is 0 Å². The molecule has 116 valence electrons. The number of carbonyl (C=O) groups excluding carboxylic acids is 1. The number of rotatable bonds is 4. The molecular weight excluding hydrogens is 262 g/mol. The zero-order valence-corrected chi connectivity index (χ0v) is 13.2. The molecule has 0 aromatic heterocycles. The number of nitrogens with one attached hydrogen (secondary N) is 1. The molecule has 0 bridgehead atoms. The highest BCUT2D eigenvalue weighted by Crippen LogP contribution is 2.19. The molecule has 1 fully saturated rings. The number of hydrogen-bond acceptors (Lipinski definition) is 3. The molecule has 1 aromatic carbocycles. The Kier molecular flexibility index (Phi) is 5.62. The van der Waals surface area contributed by atoms with Crippen molar-refractivity contribution < 1.29 is 4.79 Å². The third kappa shape index (κ3) is 4.74. The average molecular weight is 289 g/mol. The Morgan fingerprint density at radius 3 is 3.00 bits per heavy atom. The Morgan fingerprint density at radius 2 is 2.19 bits per heavy atom. The van der Waals surface area contributed by atoms with Gasteiger partial charge in [-0.2, -0.15) is 0 Å². The second-order valence-electron chi connectivity index (χ2n) is 6.11. The minimum Gasteiger partial charge on any atom is -0.399 e. The number of nitrogens with zero attached hydrogens (tertiary/aromatic N) is 1. The molecule has 0 radical (unpaired) electrons. The van der Waals surface area contributed by atoms with Crippen molar-refractivity contribution in [2.75, 3.05) is 24.1 Å². The summed E-state index contributed by atoms with van der Waals surface area (Å²) < 4.78 is 0. The van der Waals surface area contributed by atoms with Gasteiger partial charge >= 0.3 is 0 Å². The zero-order chi connectivity index (χ0) is 15.2. The SMILES string of the molecule is Cc1ccc(N)cc1NC(=O)CCN1CCCCCC1C. The van der Waals surface area contributed by atoms with Gasteiger partial charge in [0.1, 0.15) is 0 Å². The van der Waals surface area contributed by atoms with Gasteiger partial charge in [0.25, 0.3) is 0 Å². The van der Waals surface area contributed by atoms with Crippen molar-refractivity contribution in [3.05, 3.63) is 23.8 Å². The summed E-state index contributed by atoms with van der Waals surface area (Å²) in [4.78, 5) is 14.6. The minimum atomic E-state index is 0.0696.